The lowest BCUT2D eigenvalue weighted by molar-refractivity contribution is -0.148. The predicted molar refractivity (Wildman–Crippen MR) is 64.7 cm³/mol. The second-order valence-corrected chi connectivity index (χ2v) is 5.18. The molecule has 0 aromatic rings. The average Bonchev–Trinajstić information content (AvgIpc) is 2.86. The van der Waals surface area contributed by atoms with Crippen molar-refractivity contribution in [2.24, 2.45) is 0 Å². The van der Waals surface area contributed by atoms with E-state index in [4.69, 9.17) is 0 Å². The lowest BCUT2D eigenvalue weighted by Gasteiger charge is -2.32. The van der Waals surface area contributed by atoms with Crippen LogP contribution in [0.25, 0.3) is 0 Å². The third kappa shape index (κ3) is 4.35. The highest BCUT2D eigenvalue weighted by Gasteiger charge is 2.33. The molecular formula is C12H20F3N3O. The standard InChI is InChI=1S/C12H20F3N3O/c13-12(14,15)3-1-11(19)18-6-2-10(9-18)17-7-4-16-5-8-17/h10,16H,1-9H2. The molecule has 7 heteroatoms. The third-order valence-corrected chi connectivity index (χ3v) is 3.81. The highest BCUT2D eigenvalue weighted by Crippen LogP contribution is 2.23. The van der Waals surface area contributed by atoms with Crippen molar-refractivity contribution in [1.29, 1.82) is 0 Å². The van der Waals surface area contributed by atoms with Crippen molar-refractivity contribution in [3.05, 3.63) is 0 Å². The number of nitrogens with zero attached hydrogens (tertiary/aromatic N) is 2. The summed E-state index contributed by atoms with van der Waals surface area (Å²) in [5.41, 5.74) is 0. The van der Waals surface area contributed by atoms with Gasteiger partial charge in [0.1, 0.15) is 0 Å². The maximum Gasteiger partial charge on any atom is 0.389 e. The largest absolute Gasteiger partial charge is 0.389 e. The number of rotatable bonds is 3. The van der Waals surface area contributed by atoms with Crippen LogP contribution in [0.5, 0.6) is 0 Å². The summed E-state index contributed by atoms with van der Waals surface area (Å²) in [6, 6.07) is 0.317. The van der Waals surface area contributed by atoms with Crippen molar-refractivity contribution < 1.29 is 18.0 Å². The number of carbonyl (C=O) groups excluding carboxylic acids is 1. The summed E-state index contributed by atoms with van der Waals surface area (Å²) in [5.74, 6) is -0.366. The summed E-state index contributed by atoms with van der Waals surface area (Å²) in [6.45, 7) is 4.96. The van der Waals surface area contributed by atoms with E-state index in [-0.39, 0.29) is 5.91 Å². The first-order valence-electron chi connectivity index (χ1n) is 6.75. The number of halogens is 3. The van der Waals surface area contributed by atoms with Crippen LogP contribution in [-0.2, 0) is 4.79 Å². The molecule has 0 aromatic carbocycles. The van der Waals surface area contributed by atoms with Gasteiger partial charge in [0.25, 0.3) is 0 Å². The SMILES string of the molecule is O=C(CCC(F)(F)F)N1CCC(N2CCNCC2)C1. The minimum atomic E-state index is -4.24. The van der Waals surface area contributed by atoms with Crippen molar-refractivity contribution in [1.82, 2.24) is 15.1 Å². The van der Waals surface area contributed by atoms with Gasteiger partial charge in [-0.3, -0.25) is 9.69 Å². The molecule has 0 saturated carbocycles. The molecule has 2 saturated heterocycles. The molecular weight excluding hydrogens is 259 g/mol. The summed E-state index contributed by atoms with van der Waals surface area (Å²) in [7, 11) is 0. The van der Waals surface area contributed by atoms with Gasteiger partial charge in [-0.1, -0.05) is 0 Å². The van der Waals surface area contributed by atoms with E-state index < -0.39 is 19.0 Å². The van der Waals surface area contributed by atoms with Gasteiger partial charge in [0.05, 0.1) is 6.42 Å². The molecule has 2 aliphatic heterocycles. The van der Waals surface area contributed by atoms with E-state index in [9.17, 15) is 18.0 Å². The van der Waals surface area contributed by atoms with E-state index in [1.165, 1.54) is 0 Å². The zero-order valence-corrected chi connectivity index (χ0v) is 10.9. The second kappa shape index (κ2) is 6.09. The number of hydrogen-bond acceptors (Lipinski definition) is 3. The Morgan fingerprint density at radius 2 is 1.89 bits per heavy atom. The molecule has 0 aromatic heterocycles. The van der Waals surface area contributed by atoms with E-state index in [0.29, 0.717) is 19.1 Å². The van der Waals surface area contributed by atoms with Crippen molar-refractivity contribution in [3.63, 3.8) is 0 Å². The lowest BCUT2D eigenvalue weighted by Crippen LogP contribution is -2.49. The first-order valence-corrected chi connectivity index (χ1v) is 6.75. The number of amides is 1. The zero-order valence-electron chi connectivity index (χ0n) is 10.9. The highest BCUT2D eigenvalue weighted by molar-refractivity contribution is 5.76. The van der Waals surface area contributed by atoms with E-state index in [0.717, 1.165) is 32.6 Å². The summed E-state index contributed by atoms with van der Waals surface area (Å²) in [5, 5.41) is 3.26. The van der Waals surface area contributed by atoms with E-state index in [2.05, 4.69) is 10.2 Å². The number of piperazine rings is 1. The molecule has 1 atom stereocenters. The van der Waals surface area contributed by atoms with Crippen LogP contribution in [0.15, 0.2) is 0 Å². The van der Waals surface area contributed by atoms with Gasteiger partial charge in [-0.2, -0.15) is 13.2 Å². The third-order valence-electron chi connectivity index (χ3n) is 3.81. The van der Waals surface area contributed by atoms with Crippen LogP contribution < -0.4 is 5.32 Å². The lowest BCUT2D eigenvalue weighted by atomic mass is 10.2. The summed E-state index contributed by atoms with van der Waals surface area (Å²) in [4.78, 5) is 15.6. The van der Waals surface area contributed by atoms with Gasteiger partial charge in [0.15, 0.2) is 0 Å². The number of hydrogen-bond donors (Lipinski definition) is 1. The van der Waals surface area contributed by atoms with Crippen molar-refractivity contribution in [3.8, 4) is 0 Å². The average molecular weight is 279 g/mol. The Labute approximate surface area is 110 Å². The number of alkyl halides is 3. The maximum atomic E-state index is 12.1. The topological polar surface area (TPSA) is 35.6 Å². The molecule has 0 radical (unpaired) electrons. The Kier molecular flexibility index (Phi) is 4.67. The second-order valence-electron chi connectivity index (χ2n) is 5.18. The molecule has 2 rings (SSSR count). The molecule has 2 aliphatic rings. The molecule has 0 bridgehead atoms. The summed E-state index contributed by atoms with van der Waals surface area (Å²) in [6.07, 6.45) is -4.80. The molecule has 4 nitrogen and oxygen atoms in total. The van der Waals surface area contributed by atoms with Gasteiger partial charge in [-0.15, -0.1) is 0 Å². The normalized spacial score (nSPS) is 25.8. The molecule has 19 heavy (non-hydrogen) atoms. The first-order chi connectivity index (χ1) is 8.96. The van der Waals surface area contributed by atoms with Gasteiger partial charge >= 0.3 is 6.18 Å². The van der Waals surface area contributed by atoms with Crippen LogP contribution in [0.2, 0.25) is 0 Å². The molecule has 1 unspecified atom stereocenters. The Morgan fingerprint density at radius 1 is 1.21 bits per heavy atom. The quantitative estimate of drug-likeness (QED) is 0.831. The Bertz CT molecular complexity index is 316. The molecule has 110 valence electrons. The Morgan fingerprint density at radius 3 is 2.53 bits per heavy atom. The van der Waals surface area contributed by atoms with Crippen LogP contribution in [0.4, 0.5) is 13.2 Å². The van der Waals surface area contributed by atoms with Crippen LogP contribution >= 0.6 is 0 Å². The van der Waals surface area contributed by atoms with Gasteiger partial charge < -0.3 is 10.2 Å². The predicted octanol–water partition coefficient (Wildman–Crippen LogP) is 0.835. The summed E-state index contributed by atoms with van der Waals surface area (Å²) >= 11 is 0. The van der Waals surface area contributed by atoms with E-state index >= 15 is 0 Å². The van der Waals surface area contributed by atoms with E-state index in [1.54, 1.807) is 4.90 Å². The van der Waals surface area contributed by atoms with Gasteiger partial charge in [-0.25, -0.2) is 0 Å². The number of likely N-dealkylation sites (tertiary alicyclic amines) is 1. The van der Waals surface area contributed by atoms with E-state index in [1.807, 2.05) is 0 Å². The van der Waals surface area contributed by atoms with Gasteiger partial charge in [0, 0.05) is 51.7 Å². The van der Waals surface area contributed by atoms with Crippen LogP contribution in [0.3, 0.4) is 0 Å². The van der Waals surface area contributed by atoms with Crippen LogP contribution in [-0.4, -0.2) is 67.2 Å². The molecule has 2 fully saturated rings. The molecule has 0 aliphatic carbocycles. The Hall–Kier alpha value is -0.820. The Balaban J connectivity index is 1.76. The molecule has 2 heterocycles. The van der Waals surface area contributed by atoms with Crippen molar-refractivity contribution in [2.45, 2.75) is 31.5 Å². The fourth-order valence-corrected chi connectivity index (χ4v) is 2.72. The van der Waals surface area contributed by atoms with Crippen molar-refractivity contribution >= 4 is 5.91 Å². The maximum absolute atomic E-state index is 12.1. The van der Waals surface area contributed by atoms with Crippen molar-refractivity contribution in [2.75, 3.05) is 39.3 Å². The smallest absolute Gasteiger partial charge is 0.341 e. The summed E-state index contributed by atoms with van der Waals surface area (Å²) < 4.78 is 36.3. The highest BCUT2D eigenvalue weighted by atomic mass is 19.4. The van der Waals surface area contributed by atoms with Gasteiger partial charge in [0.2, 0.25) is 5.91 Å². The first kappa shape index (κ1) is 14.6. The number of carbonyl (C=O) groups is 1. The minimum Gasteiger partial charge on any atom is -0.341 e. The van der Waals surface area contributed by atoms with Gasteiger partial charge in [-0.05, 0) is 6.42 Å². The fraction of sp³-hybridized carbons (Fsp3) is 0.917. The number of nitrogens with one attached hydrogen (secondary N) is 1. The van der Waals surface area contributed by atoms with Crippen LogP contribution in [0, 0.1) is 0 Å². The monoisotopic (exact) mass is 279 g/mol. The molecule has 1 amide bonds. The van der Waals surface area contributed by atoms with Crippen LogP contribution in [0.1, 0.15) is 19.3 Å². The molecule has 0 spiro atoms. The zero-order chi connectivity index (χ0) is 13.9. The fourth-order valence-electron chi connectivity index (χ4n) is 2.72. The molecule has 1 N–H and O–H groups in total. The minimum absolute atomic E-state index is 0.317.